The van der Waals surface area contributed by atoms with E-state index in [0.717, 1.165) is 4.90 Å². The van der Waals surface area contributed by atoms with Crippen molar-refractivity contribution in [2.45, 2.75) is 25.3 Å². The molecule has 144 valence electrons. The molecule has 3 rings (SSSR count). The van der Waals surface area contributed by atoms with Gasteiger partial charge >= 0.3 is 5.97 Å². The fraction of sp³-hybridized carbons (Fsp3) is 0.444. The van der Waals surface area contributed by atoms with Crippen LogP contribution < -0.4 is 10.6 Å². The van der Waals surface area contributed by atoms with Gasteiger partial charge in [0.15, 0.2) is 0 Å². The zero-order valence-electron chi connectivity index (χ0n) is 14.7. The van der Waals surface area contributed by atoms with Crippen LogP contribution in [0, 0.1) is 0 Å². The van der Waals surface area contributed by atoms with Crippen LogP contribution in [0.15, 0.2) is 18.2 Å². The lowest BCUT2D eigenvalue weighted by Crippen LogP contribution is -2.52. The van der Waals surface area contributed by atoms with Gasteiger partial charge < -0.3 is 20.5 Å². The van der Waals surface area contributed by atoms with Crippen molar-refractivity contribution in [2.24, 2.45) is 0 Å². The number of nitrogens with one attached hydrogen (secondary N) is 2. The Morgan fingerprint density at radius 2 is 2.07 bits per heavy atom. The van der Waals surface area contributed by atoms with E-state index >= 15 is 0 Å². The number of carboxylic acids is 1. The summed E-state index contributed by atoms with van der Waals surface area (Å²) in [5, 5.41) is 14.3. The van der Waals surface area contributed by atoms with Gasteiger partial charge in [0.2, 0.25) is 5.91 Å². The van der Waals surface area contributed by atoms with Gasteiger partial charge in [0.05, 0.1) is 30.8 Å². The van der Waals surface area contributed by atoms with Crippen LogP contribution in [0.4, 0.5) is 5.69 Å². The van der Waals surface area contributed by atoms with Gasteiger partial charge in [-0.25, -0.2) is 0 Å². The van der Waals surface area contributed by atoms with Crippen molar-refractivity contribution in [2.75, 3.05) is 31.6 Å². The van der Waals surface area contributed by atoms with Crippen molar-refractivity contribution >= 4 is 29.4 Å². The molecule has 2 aliphatic rings. The van der Waals surface area contributed by atoms with Gasteiger partial charge in [-0.15, -0.1) is 0 Å². The molecule has 0 radical (unpaired) electrons. The second-order valence-corrected chi connectivity index (χ2v) is 6.34. The number of fused-ring (bicyclic) bond motifs is 1. The number of ether oxygens (including phenoxy) is 1. The molecule has 0 saturated carbocycles. The molecule has 9 nitrogen and oxygen atoms in total. The van der Waals surface area contributed by atoms with Crippen LogP contribution in [-0.2, 0) is 14.3 Å². The number of anilines is 1. The van der Waals surface area contributed by atoms with E-state index in [1.54, 1.807) is 18.2 Å². The van der Waals surface area contributed by atoms with Gasteiger partial charge in [-0.05, 0) is 25.0 Å². The van der Waals surface area contributed by atoms with E-state index in [1.807, 2.05) is 0 Å². The van der Waals surface area contributed by atoms with Crippen LogP contribution in [0.25, 0.3) is 0 Å². The lowest BCUT2D eigenvalue weighted by molar-refractivity contribution is -0.138. The molecule has 0 aliphatic carbocycles. The lowest BCUT2D eigenvalue weighted by Gasteiger charge is -2.28. The van der Waals surface area contributed by atoms with E-state index in [9.17, 15) is 19.2 Å². The van der Waals surface area contributed by atoms with Gasteiger partial charge in [-0.1, -0.05) is 6.07 Å². The predicted octanol–water partition coefficient (Wildman–Crippen LogP) is 0.464. The molecule has 1 saturated heterocycles. The third kappa shape index (κ3) is 3.92. The average molecular weight is 375 g/mol. The molecule has 1 unspecified atom stereocenters. The highest BCUT2D eigenvalue weighted by molar-refractivity contribution is 6.25. The van der Waals surface area contributed by atoms with Crippen LogP contribution >= 0.6 is 0 Å². The van der Waals surface area contributed by atoms with Gasteiger partial charge in [0, 0.05) is 18.8 Å². The third-order valence-corrected chi connectivity index (χ3v) is 4.54. The molecule has 2 aliphatic heterocycles. The van der Waals surface area contributed by atoms with E-state index in [1.165, 1.54) is 0 Å². The summed E-state index contributed by atoms with van der Waals surface area (Å²) < 4.78 is 5.21. The molecule has 2 heterocycles. The van der Waals surface area contributed by atoms with Crippen LogP contribution in [-0.4, -0.2) is 66.0 Å². The number of hydrogen-bond donors (Lipinski definition) is 3. The Balaban J connectivity index is 1.68. The molecule has 3 amide bonds. The number of benzene rings is 1. The minimum absolute atomic E-state index is 0.0772. The molecular weight excluding hydrogens is 354 g/mol. The number of rotatable bonds is 8. The molecule has 27 heavy (non-hydrogen) atoms. The van der Waals surface area contributed by atoms with Crippen LogP contribution in [0.1, 0.15) is 40.0 Å². The molecule has 1 aromatic carbocycles. The maximum Gasteiger partial charge on any atom is 0.305 e. The van der Waals surface area contributed by atoms with Crippen LogP contribution in [0.3, 0.4) is 0 Å². The first-order valence-corrected chi connectivity index (χ1v) is 8.82. The molecule has 0 bridgehead atoms. The monoisotopic (exact) mass is 375 g/mol. The van der Waals surface area contributed by atoms with Crippen molar-refractivity contribution in [3.63, 3.8) is 0 Å². The Morgan fingerprint density at radius 3 is 2.81 bits per heavy atom. The number of nitrogens with zero attached hydrogens (tertiary/aromatic N) is 1. The largest absolute Gasteiger partial charge is 0.481 e. The van der Waals surface area contributed by atoms with Gasteiger partial charge in [-0.3, -0.25) is 24.1 Å². The molecule has 3 N–H and O–H groups in total. The second-order valence-electron chi connectivity index (χ2n) is 6.34. The Morgan fingerprint density at radius 1 is 1.26 bits per heavy atom. The summed E-state index contributed by atoms with van der Waals surface area (Å²) in [7, 11) is 0. The summed E-state index contributed by atoms with van der Waals surface area (Å²) >= 11 is 0. The topological polar surface area (TPSA) is 125 Å². The minimum atomic E-state index is -0.931. The molecule has 1 aromatic rings. The number of carbonyl (C=O) groups is 4. The van der Waals surface area contributed by atoms with Crippen molar-refractivity contribution < 1.29 is 29.0 Å². The predicted molar refractivity (Wildman–Crippen MR) is 94.5 cm³/mol. The Labute approximate surface area is 155 Å². The first-order valence-electron chi connectivity index (χ1n) is 8.82. The first-order chi connectivity index (χ1) is 13.0. The lowest BCUT2D eigenvalue weighted by atomic mass is 10.1. The van der Waals surface area contributed by atoms with E-state index in [-0.39, 0.29) is 36.7 Å². The smallest absolute Gasteiger partial charge is 0.305 e. The summed E-state index contributed by atoms with van der Waals surface area (Å²) in [6, 6.07) is 4.15. The molecule has 0 aromatic heterocycles. The Kier molecular flexibility index (Phi) is 5.70. The Bertz CT molecular complexity index is 778. The molecule has 1 fully saturated rings. The third-order valence-electron chi connectivity index (χ3n) is 4.54. The Hall–Kier alpha value is -2.94. The number of carbonyl (C=O) groups excluding carboxylic acids is 3. The minimum Gasteiger partial charge on any atom is -0.481 e. The van der Waals surface area contributed by atoms with Gasteiger partial charge in [-0.2, -0.15) is 0 Å². The van der Waals surface area contributed by atoms with E-state index in [0.29, 0.717) is 31.6 Å². The van der Waals surface area contributed by atoms with Crippen molar-refractivity contribution in [1.29, 1.82) is 0 Å². The SMILES string of the molecule is O=C(O)CCOCCNc1cccc2c1C(=O)N(C1CCCNC1=O)C2=O. The summed E-state index contributed by atoms with van der Waals surface area (Å²) in [5.41, 5.74) is 1.02. The average Bonchev–Trinajstić information content (AvgIpc) is 2.90. The number of carboxylic acid groups (broad SMARTS) is 1. The highest BCUT2D eigenvalue weighted by atomic mass is 16.5. The number of imide groups is 1. The fourth-order valence-corrected chi connectivity index (χ4v) is 3.26. The van der Waals surface area contributed by atoms with Crippen LogP contribution in [0.5, 0.6) is 0 Å². The summed E-state index contributed by atoms with van der Waals surface area (Å²) in [6.45, 7) is 1.26. The van der Waals surface area contributed by atoms with Crippen molar-refractivity contribution in [3.05, 3.63) is 29.3 Å². The number of aliphatic carboxylic acids is 1. The highest BCUT2D eigenvalue weighted by Gasteiger charge is 2.44. The standard InChI is InChI=1S/C18H21N3O6/c22-14(23)6-9-27-10-8-19-12-4-1-3-11-15(12)18(26)21(17(11)25)13-5-2-7-20-16(13)24/h1,3-4,13,19H,2,5-10H2,(H,20,24)(H,22,23). The van der Waals surface area contributed by atoms with E-state index < -0.39 is 23.8 Å². The first kappa shape index (κ1) is 18.8. The van der Waals surface area contributed by atoms with E-state index in [4.69, 9.17) is 9.84 Å². The van der Waals surface area contributed by atoms with Crippen molar-refractivity contribution in [1.82, 2.24) is 10.2 Å². The van der Waals surface area contributed by atoms with Crippen LogP contribution in [0.2, 0.25) is 0 Å². The molecule has 0 spiro atoms. The quantitative estimate of drug-likeness (QED) is 0.445. The second kappa shape index (κ2) is 8.17. The van der Waals surface area contributed by atoms with Gasteiger partial charge in [0.25, 0.3) is 11.8 Å². The molecule has 9 heteroatoms. The van der Waals surface area contributed by atoms with Gasteiger partial charge in [0.1, 0.15) is 6.04 Å². The summed E-state index contributed by atoms with van der Waals surface area (Å²) in [6.07, 6.45) is 1.09. The maximum absolute atomic E-state index is 12.9. The highest BCUT2D eigenvalue weighted by Crippen LogP contribution is 2.32. The zero-order valence-corrected chi connectivity index (χ0v) is 14.7. The fourth-order valence-electron chi connectivity index (χ4n) is 3.26. The number of piperidine rings is 1. The number of amides is 3. The van der Waals surface area contributed by atoms with E-state index in [2.05, 4.69) is 10.6 Å². The molecular formula is C18H21N3O6. The molecule has 1 atom stereocenters. The normalized spacial score (nSPS) is 19.0. The summed E-state index contributed by atoms with van der Waals surface area (Å²) in [4.78, 5) is 49.2. The number of hydrogen-bond acceptors (Lipinski definition) is 6. The zero-order chi connectivity index (χ0) is 19.4. The summed E-state index contributed by atoms with van der Waals surface area (Å²) in [5.74, 6) is -2.18. The van der Waals surface area contributed by atoms with Crippen molar-refractivity contribution in [3.8, 4) is 0 Å². The maximum atomic E-state index is 12.9.